The third kappa shape index (κ3) is 2.27. The lowest BCUT2D eigenvalue weighted by Gasteiger charge is -1.95. The molecule has 19 heavy (non-hydrogen) atoms. The van der Waals surface area contributed by atoms with Gasteiger partial charge in [-0.2, -0.15) is 0 Å². The van der Waals surface area contributed by atoms with Crippen LogP contribution < -0.4 is 5.76 Å². The van der Waals surface area contributed by atoms with E-state index in [4.69, 9.17) is 9.52 Å². The second-order valence-corrected chi connectivity index (χ2v) is 4.80. The minimum atomic E-state index is -0.913. The highest BCUT2D eigenvalue weighted by Crippen LogP contribution is 2.26. The highest BCUT2D eigenvalue weighted by molar-refractivity contribution is 7.13. The van der Waals surface area contributed by atoms with E-state index in [1.54, 1.807) is 23.6 Å². The molecule has 96 valence electrons. The molecule has 0 bridgehead atoms. The third-order valence-corrected chi connectivity index (χ3v) is 3.49. The van der Waals surface area contributed by atoms with Crippen molar-refractivity contribution in [3.05, 3.63) is 39.8 Å². The van der Waals surface area contributed by atoms with Gasteiger partial charge in [-0.1, -0.05) is 0 Å². The first kappa shape index (κ1) is 11.7. The number of hydrogen-bond acceptors (Lipinski definition) is 5. The maximum absolute atomic E-state index is 11.1. The number of rotatable bonds is 3. The highest BCUT2D eigenvalue weighted by atomic mass is 32.1. The van der Waals surface area contributed by atoms with Crippen molar-refractivity contribution < 1.29 is 14.3 Å². The van der Waals surface area contributed by atoms with E-state index in [2.05, 4.69) is 9.97 Å². The number of fused-ring (bicyclic) bond motifs is 1. The van der Waals surface area contributed by atoms with Crippen molar-refractivity contribution in [2.45, 2.75) is 6.42 Å². The average molecular weight is 276 g/mol. The number of hydrogen-bond donors (Lipinski definition) is 2. The van der Waals surface area contributed by atoms with Gasteiger partial charge in [0.15, 0.2) is 5.58 Å². The molecule has 0 saturated heterocycles. The number of nitrogens with zero attached hydrogens (tertiary/aromatic N) is 1. The van der Waals surface area contributed by atoms with Gasteiger partial charge < -0.3 is 9.52 Å². The number of carboxylic acid groups (broad SMARTS) is 1. The van der Waals surface area contributed by atoms with E-state index >= 15 is 0 Å². The Hall–Kier alpha value is -2.41. The number of carboxylic acids is 1. The van der Waals surface area contributed by atoms with Crippen LogP contribution in [0.3, 0.4) is 0 Å². The Kier molecular flexibility index (Phi) is 2.68. The molecule has 0 atom stereocenters. The summed E-state index contributed by atoms with van der Waals surface area (Å²) in [6.45, 7) is 0. The molecule has 0 unspecified atom stereocenters. The highest BCUT2D eigenvalue weighted by Gasteiger charge is 2.09. The summed E-state index contributed by atoms with van der Waals surface area (Å²) in [6.07, 6.45) is -0.0992. The summed E-state index contributed by atoms with van der Waals surface area (Å²) in [5, 5.41) is 11.1. The quantitative estimate of drug-likeness (QED) is 0.761. The number of aromatic amines is 1. The number of nitrogens with one attached hydrogen (secondary N) is 1. The lowest BCUT2D eigenvalue weighted by atomic mass is 10.2. The molecule has 3 rings (SSSR count). The van der Waals surface area contributed by atoms with Gasteiger partial charge in [0.1, 0.15) is 5.01 Å². The lowest BCUT2D eigenvalue weighted by molar-refractivity contribution is -0.136. The standard InChI is InChI=1S/C12H8N2O4S/c15-10(16)4-7-5-19-11(13-7)6-1-2-8-9(3-6)18-12(17)14-8/h1-3,5H,4H2,(H,14,17)(H,15,16). The van der Waals surface area contributed by atoms with Crippen molar-refractivity contribution in [2.75, 3.05) is 0 Å². The van der Waals surface area contributed by atoms with Crippen LogP contribution in [0.15, 0.2) is 32.8 Å². The molecular weight excluding hydrogens is 268 g/mol. The van der Waals surface area contributed by atoms with E-state index < -0.39 is 11.7 Å². The number of carbonyl (C=O) groups is 1. The normalized spacial score (nSPS) is 10.9. The number of benzene rings is 1. The first-order valence-electron chi connectivity index (χ1n) is 5.41. The molecule has 6 nitrogen and oxygen atoms in total. The second-order valence-electron chi connectivity index (χ2n) is 3.94. The number of oxazole rings is 1. The molecular formula is C12H8N2O4S. The summed E-state index contributed by atoms with van der Waals surface area (Å²) in [5.41, 5.74) is 2.38. The summed E-state index contributed by atoms with van der Waals surface area (Å²) in [6, 6.07) is 5.24. The Balaban J connectivity index is 2.01. The number of H-pyrrole nitrogens is 1. The number of thiazole rings is 1. The van der Waals surface area contributed by atoms with Crippen molar-refractivity contribution in [2.24, 2.45) is 0 Å². The zero-order chi connectivity index (χ0) is 13.4. The van der Waals surface area contributed by atoms with Crippen LogP contribution in [-0.2, 0) is 11.2 Å². The van der Waals surface area contributed by atoms with E-state index in [9.17, 15) is 9.59 Å². The van der Waals surface area contributed by atoms with Crippen LogP contribution in [0.4, 0.5) is 0 Å². The Morgan fingerprint density at radius 2 is 2.32 bits per heavy atom. The van der Waals surface area contributed by atoms with Gasteiger partial charge in [-0.3, -0.25) is 9.78 Å². The molecule has 0 radical (unpaired) electrons. The van der Waals surface area contributed by atoms with Crippen molar-refractivity contribution in [1.82, 2.24) is 9.97 Å². The van der Waals surface area contributed by atoms with Gasteiger partial charge in [-0.05, 0) is 18.2 Å². The topological polar surface area (TPSA) is 96.2 Å². The molecule has 0 fully saturated rings. The van der Waals surface area contributed by atoms with Gasteiger partial charge in [-0.15, -0.1) is 11.3 Å². The Morgan fingerprint density at radius 3 is 3.11 bits per heavy atom. The molecule has 2 aromatic heterocycles. The Morgan fingerprint density at radius 1 is 1.47 bits per heavy atom. The fraction of sp³-hybridized carbons (Fsp3) is 0.0833. The largest absolute Gasteiger partial charge is 0.481 e. The SMILES string of the molecule is O=C(O)Cc1csc(-c2ccc3[nH]c(=O)oc3c2)n1. The van der Waals surface area contributed by atoms with Gasteiger partial charge in [-0.25, -0.2) is 9.78 Å². The van der Waals surface area contributed by atoms with Crippen LogP contribution in [0.2, 0.25) is 0 Å². The molecule has 0 saturated carbocycles. The Labute approximate surface area is 110 Å². The smallest absolute Gasteiger partial charge is 0.417 e. The molecule has 3 aromatic rings. The lowest BCUT2D eigenvalue weighted by Crippen LogP contribution is -1.99. The van der Waals surface area contributed by atoms with Crippen molar-refractivity contribution >= 4 is 28.4 Å². The summed E-state index contributed by atoms with van der Waals surface area (Å²) < 4.78 is 4.97. The fourth-order valence-corrected chi connectivity index (χ4v) is 2.57. The second kappa shape index (κ2) is 4.36. The molecule has 2 N–H and O–H groups in total. The molecule has 0 aliphatic heterocycles. The van der Waals surface area contributed by atoms with Crippen LogP contribution >= 0.6 is 11.3 Å². The first-order chi connectivity index (χ1) is 9.11. The van der Waals surface area contributed by atoms with Crippen LogP contribution in [0, 0.1) is 0 Å². The molecule has 2 heterocycles. The van der Waals surface area contributed by atoms with E-state index in [1.165, 1.54) is 11.3 Å². The molecule has 7 heteroatoms. The fourth-order valence-electron chi connectivity index (χ4n) is 1.75. The number of aromatic nitrogens is 2. The summed E-state index contributed by atoms with van der Waals surface area (Å²) in [5.74, 6) is -1.42. The minimum absolute atomic E-state index is 0.0992. The van der Waals surface area contributed by atoms with Gasteiger partial charge in [0.2, 0.25) is 0 Å². The summed E-state index contributed by atoms with van der Waals surface area (Å²) in [4.78, 5) is 28.5. The number of aliphatic carboxylic acids is 1. The van der Waals surface area contributed by atoms with Crippen molar-refractivity contribution in [3.8, 4) is 10.6 Å². The van der Waals surface area contributed by atoms with Crippen molar-refractivity contribution in [3.63, 3.8) is 0 Å². The summed E-state index contributed by atoms with van der Waals surface area (Å²) in [7, 11) is 0. The third-order valence-electron chi connectivity index (χ3n) is 2.55. The van der Waals surface area contributed by atoms with Gasteiger partial charge in [0.05, 0.1) is 17.6 Å². The van der Waals surface area contributed by atoms with E-state index in [0.29, 0.717) is 21.8 Å². The van der Waals surface area contributed by atoms with Crippen molar-refractivity contribution in [1.29, 1.82) is 0 Å². The maximum atomic E-state index is 11.1. The molecule has 0 amide bonds. The van der Waals surface area contributed by atoms with Crippen LogP contribution in [0.25, 0.3) is 21.7 Å². The molecule has 0 spiro atoms. The van der Waals surface area contributed by atoms with Crippen LogP contribution in [0.5, 0.6) is 0 Å². The van der Waals surface area contributed by atoms with Gasteiger partial charge in [0.25, 0.3) is 0 Å². The minimum Gasteiger partial charge on any atom is -0.481 e. The predicted octanol–water partition coefficient (Wildman–Crippen LogP) is 1.87. The van der Waals surface area contributed by atoms with Gasteiger partial charge in [0, 0.05) is 10.9 Å². The van der Waals surface area contributed by atoms with Gasteiger partial charge >= 0.3 is 11.7 Å². The Bertz CT molecular complexity index is 814. The monoisotopic (exact) mass is 276 g/mol. The predicted molar refractivity (Wildman–Crippen MR) is 69.3 cm³/mol. The van der Waals surface area contributed by atoms with E-state index in [0.717, 1.165) is 5.56 Å². The molecule has 0 aliphatic rings. The average Bonchev–Trinajstić information content (AvgIpc) is 2.92. The molecule has 1 aromatic carbocycles. The van der Waals surface area contributed by atoms with Crippen LogP contribution in [-0.4, -0.2) is 21.0 Å². The van der Waals surface area contributed by atoms with Crippen LogP contribution in [0.1, 0.15) is 5.69 Å². The summed E-state index contributed by atoms with van der Waals surface area (Å²) >= 11 is 1.36. The zero-order valence-electron chi connectivity index (χ0n) is 9.54. The maximum Gasteiger partial charge on any atom is 0.417 e. The first-order valence-corrected chi connectivity index (χ1v) is 6.29. The van der Waals surface area contributed by atoms with E-state index in [-0.39, 0.29) is 6.42 Å². The zero-order valence-corrected chi connectivity index (χ0v) is 10.4. The van der Waals surface area contributed by atoms with E-state index in [1.807, 2.05) is 0 Å². The molecule has 0 aliphatic carbocycles.